The van der Waals surface area contributed by atoms with Crippen molar-refractivity contribution < 1.29 is 0 Å². The minimum atomic E-state index is 1.39. The summed E-state index contributed by atoms with van der Waals surface area (Å²) in [6.45, 7) is 4.35. The molecule has 0 fully saturated rings. The smallest absolute Gasteiger partial charge is 0.0259 e. The Morgan fingerprint density at radius 1 is 0.923 bits per heavy atom. The van der Waals surface area contributed by atoms with Gasteiger partial charge in [-0.3, -0.25) is 0 Å². The van der Waals surface area contributed by atoms with E-state index in [0.29, 0.717) is 0 Å². The van der Waals surface area contributed by atoms with E-state index in [1.807, 2.05) is 34.4 Å². The van der Waals surface area contributed by atoms with Crippen molar-refractivity contribution in [3.05, 3.63) is 32.6 Å². The molecule has 3 heteroatoms. The molecule has 2 rings (SSSR count). The molecule has 0 spiro atoms. The zero-order chi connectivity index (χ0) is 9.26. The van der Waals surface area contributed by atoms with E-state index < -0.39 is 0 Å². The van der Waals surface area contributed by atoms with E-state index in [2.05, 4.69) is 36.7 Å². The molecule has 2 aromatic heterocycles. The van der Waals surface area contributed by atoms with Gasteiger partial charge in [0.1, 0.15) is 0 Å². The Balaban J connectivity index is 2.24. The Kier molecular flexibility index (Phi) is 2.77. The summed E-state index contributed by atoms with van der Waals surface area (Å²) in [4.78, 5) is 5.62. The van der Waals surface area contributed by atoms with Gasteiger partial charge in [0.05, 0.1) is 0 Å². The van der Waals surface area contributed by atoms with Gasteiger partial charge < -0.3 is 0 Å². The van der Waals surface area contributed by atoms with E-state index in [1.165, 1.54) is 19.5 Å². The molecule has 0 N–H and O–H groups in total. The molecule has 2 aromatic rings. The molecule has 0 nitrogen and oxygen atoms in total. The van der Waals surface area contributed by atoms with Crippen LogP contribution in [-0.4, -0.2) is 0 Å². The van der Waals surface area contributed by atoms with Gasteiger partial charge in [-0.05, 0) is 36.7 Å². The van der Waals surface area contributed by atoms with Crippen LogP contribution in [0, 0.1) is 13.8 Å². The highest BCUT2D eigenvalue weighted by molar-refractivity contribution is 7.99. The molecule has 0 saturated carbocycles. The van der Waals surface area contributed by atoms with Crippen LogP contribution < -0.4 is 0 Å². The van der Waals surface area contributed by atoms with E-state index in [-0.39, 0.29) is 0 Å². The zero-order valence-corrected chi connectivity index (χ0v) is 9.98. The Morgan fingerprint density at radius 2 is 1.38 bits per heavy atom. The lowest BCUT2D eigenvalue weighted by atomic mass is 10.5. The van der Waals surface area contributed by atoms with Crippen molar-refractivity contribution in [2.24, 2.45) is 0 Å². The van der Waals surface area contributed by atoms with Gasteiger partial charge in [0.25, 0.3) is 0 Å². The predicted octanol–water partition coefficient (Wildman–Crippen LogP) is 4.58. The third kappa shape index (κ3) is 1.98. The van der Waals surface area contributed by atoms with Crippen LogP contribution in [0.25, 0.3) is 0 Å². The fourth-order valence-electron chi connectivity index (χ4n) is 1.08. The average molecular weight is 226 g/mol. The minimum Gasteiger partial charge on any atom is -0.148 e. The second-order valence-corrected chi connectivity index (χ2v) is 6.11. The summed E-state index contributed by atoms with van der Waals surface area (Å²) in [6, 6.07) is 4.39. The summed E-state index contributed by atoms with van der Waals surface area (Å²) in [5.41, 5.74) is 0. The highest BCUT2D eigenvalue weighted by Crippen LogP contribution is 2.36. The molecule has 0 aliphatic carbocycles. The monoisotopic (exact) mass is 226 g/mol. The van der Waals surface area contributed by atoms with Gasteiger partial charge in [-0.2, -0.15) is 0 Å². The molecular weight excluding hydrogens is 216 g/mol. The summed E-state index contributed by atoms with van der Waals surface area (Å²) < 4.78 is 0. The molecule has 68 valence electrons. The van der Waals surface area contributed by atoms with Crippen molar-refractivity contribution in [1.82, 2.24) is 0 Å². The largest absolute Gasteiger partial charge is 0.148 e. The first-order valence-electron chi connectivity index (χ1n) is 4.03. The van der Waals surface area contributed by atoms with Crippen LogP contribution in [0.5, 0.6) is 0 Å². The Bertz CT molecular complexity index is 359. The summed E-state index contributed by atoms with van der Waals surface area (Å²) in [5.74, 6) is 0. The van der Waals surface area contributed by atoms with Crippen LogP contribution in [0.2, 0.25) is 0 Å². The zero-order valence-electron chi connectivity index (χ0n) is 7.53. The average Bonchev–Trinajstić information content (AvgIpc) is 2.65. The Morgan fingerprint density at radius 3 is 1.69 bits per heavy atom. The highest BCUT2D eigenvalue weighted by atomic mass is 32.2. The van der Waals surface area contributed by atoms with Crippen LogP contribution in [0.1, 0.15) is 9.75 Å². The first kappa shape index (κ1) is 9.31. The molecular formula is C10H10S3. The highest BCUT2D eigenvalue weighted by Gasteiger charge is 2.04. The molecule has 0 amide bonds. The lowest BCUT2D eigenvalue weighted by Gasteiger charge is -1.98. The van der Waals surface area contributed by atoms with E-state index >= 15 is 0 Å². The summed E-state index contributed by atoms with van der Waals surface area (Å²) in [5, 5.41) is 4.30. The molecule has 0 atom stereocenters. The topological polar surface area (TPSA) is 0 Å². The molecule has 0 saturated heterocycles. The quantitative estimate of drug-likeness (QED) is 0.722. The Labute approximate surface area is 90.6 Å². The Hall–Kier alpha value is -0.250. The number of hydrogen-bond donors (Lipinski definition) is 0. The molecule has 0 aliphatic heterocycles. The van der Waals surface area contributed by atoms with Crippen LogP contribution >= 0.6 is 34.4 Å². The first-order valence-corrected chi connectivity index (χ1v) is 6.61. The van der Waals surface area contributed by atoms with Gasteiger partial charge in [-0.25, -0.2) is 0 Å². The third-order valence-electron chi connectivity index (χ3n) is 1.84. The van der Waals surface area contributed by atoms with E-state index in [0.717, 1.165) is 0 Å². The SMILES string of the molecule is Cc1sccc1Sc1ccsc1C. The number of aryl methyl sites for hydroxylation is 2. The van der Waals surface area contributed by atoms with E-state index in [1.54, 1.807) is 0 Å². The van der Waals surface area contributed by atoms with Gasteiger partial charge in [0.2, 0.25) is 0 Å². The summed E-state index contributed by atoms with van der Waals surface area (Å²) in [7, 11) is 0. The fraction of sp³-hybridized carbons (Fsp3) is 0.200. The molecule has 0 radical (unpaired) electrons. The minimum absolute atomic E-state index is 1.39. The first-order chi connectivity index (χ1) is 6.27. The van der Waals surface area contributed by atoms with Crippen molar-refractivity contribution in [3.63, 3.8) is 0 Å². The van der Waals surface area contributed by atoms with Crippen molar-refractivity contribution in [1.29, 1.82) is 0 Å². The second kappa shape index (κ2) is 3.86. The van der Waals surface area contributed by atoms with E-state index in [4.69, 9.17) is 0 Å². The van der Waals surface area contributed by atoms with Crippen molar-refractivity contribution >= 4 is 34.4 Å². The van der Waals surface area contributed by atoms with Gasteiger partial charge in [0, 0.05) is 19.5 Å². The molecule has 13 heavy (non-hydrogen) atoms. The van der Waals surface area contributed by atoms with Gasteiger partial charge in [-0.15, -0.1) is 22.7 Å². The third-order valence-corrected chi connectivity index (χ3v) is 5.12. The maximum atomic E-state index is 2.20. The molecule has 0 aromatic carbocycles. The predicted molar refractivity (Wildman–Crippen MR) is 62.2 cm³/mol. The lowest BCUT2D eigenvalue weighted by molar-refractivity contribution is 1.37. The molecule has 0 bridgehead atoms. The fourth-order valence-corrected chi connectivity index (χ4v) is 3.77. The van der Waals surface area contributed by atoms with E-state index in [9.17, 15) is 0 Å². The number of thiophene rings is 2. The van der Waals surface area contributed by atoms with Crippen LogP contribution in [0.4, 0.5) is 0 Å². The van der Waals surface area contributed by atoms with Gasteiger partial charge in [-0.1, -0.05) is 11.8 Å². The second-order valence-electron chi connectivity index (χ2n) is 2.78. The number of hydrogen-bond acceptors (Lipinski definition) is 3. The molecule has 0 aliphatic rings. The maximum Gasteiger partial charge on any atom is 0.0259 e. The van der Waals surface area contributed by atoms with Crippen LogP contribution in [-0.2, 0) is 0 Å². The van der Waals surface area contributed by atoms with Crippen molar-refractivity contribution in [3.8, 4) is 0 Å². The van der Waals surface area contributed by atoms with Crippen LogP contribution in [0.3, 0.4) is 0 Å². The van der Waals surface area contributed by atoms with Gasteiger partial charge in [0.15, 0.2) is 0 Å². The van der Waals surface area contributed by atoms with Crippen LogP contribution in [0.15, 0.2) is 32.7 Å². The van der Waals surface area contributed by atoms with Gasteiger partial charge >= 0.3 is 0 Å². The van der Waals surface area contributed by atoms with Crippen molar-refractivity contribution in [2.75, 3.05) is 0 Å². The summed E-state index contributed by atoms with van der Waals surface area (Å²) >= 11 is 5.50. The lowest BCUT2D eigenvalue weighted by Crippen LogP contribution is -1.70. The normalized spacial score (nSPS) is 10.6. The maximum absolute atomic E-state index is 2.20. The summed E-state index contributed by atoms with van der Waals surface area (Å²) in [6.07, 6.45) is 0. The van der Waals surface area contributed by atoms with Crippen molar-refractivity contribution in [2.45, 2.75) is 23.6 Å². The standard InChI is InChI=1S/C10H10S3/c1-7-9(3-5-11-7)13-10-4-6-12-8(10)2/h3-6H,1-2H3. The molecule has 0 unspecified atom stereocenters. The molecule has 2 heterocycles. The number of rotatable bonds is 2.